The Hall–Kier alpha value is -1.83. The topological polar surface area (TPSA) is 64.5 Å². The summed E-state index contributed by atoms with van der Waals surface area (Å²) in [5.41, 5.74) is 0. The molecule has 1 aromatic carbocycles. The predicted molar refractivity (Wildman–Crippen MR) is 97.6 cm³/mol. The smallest absolute Gasteiger partial charge is 0.283 e. The van der Waals surface area contributed by atoms with Crippen LogP contribution in [0, 0.1) is 0 Å². The van der Waals surface area contributed by atoms with E-state index in [2.05, 4.69) is 31.0 Å². The van der Waals surface area contributed by atoms with Crippen molar-refractivity contribution in [2.24, 2.45) is 0 Å². The number of hydrogen-bond donors (Lipinski definition) is 0. The van der Waals surface area contributed by atoms with Gasteiger partial charge in [0.2, 0.25) is 5.89 Å². The van der Waals surface area contributed by atoms with Gasteiger partial charge in [-0.15, -0.1) is 10.2 Å². The lowest BCUT2D eigenvalue weighted by Gasteiger charge is -2.14. The first kappa shape index (κ1) is 18.0. The zero-order valence-electron chi connectivity index (χ0n) is 13.6. The number of benzene rings is 1. The average molecular weight is 427 g/mol. The Morgan fingerprint density at radius 3 is 2.84 bits per heavy atom. The van der Waals surface area contributed by atoms with Crippen molar-refractivity contribution < 1.29 is 13.6 Å². The van der Waals surface area contributed by atoms with Crippen molar-refractivity contribution >= 4 is 27.5 Å². The Bertz CT molecular complexity index is 821. The highest BCUT2D eigenvalue weighted by Crippen LogP contribution is 2.24. The maximum atomic E-state index is 5.93. The Balaban J connectivity index is 1.42. The second kappa shape index (κ2) is 8.51. The lowest BCUT2D eigenvalue weighted by atomic mass is 10.3. The molecule has 0 saturated carbocycles. The maximum absolute atomic E-state index is 5.93. The van der Waals surface area contributed by atoms with Crippen LogP contribution >= 0.6 is 27.5 Å². The van der Waals surface area contributed by atoms with Crippen LogP contribution in [0.2, 0.25) is 5.02 Å². The van der Waals surface area contributed by atoms with E-state index in [-0.39, 0.29) is 0 Å². The number of hydrogen-bond acceptors (Lipinski definition) is 6. The molecule has 0 spiro atoms. The van der Waals surface area contributed by atoms with Gasteiger partial charge in [0.1, 0.15) is 5.75 Å². The van der Waals surface area contributed by atoms with Crippen molar-refractivity contribution in [1.29, 1.82) is 0 Å². The molecule has 0 aliphatic carbocycles. The highest BCUT2D eigenvalue weighted by molar-refractivity contribution is 9.10. The van der Waals surface area contributed by atoms with Crippen molar-refractivity contribution in [2.45, 2.75) is 13.0 Å². The molecule has 0 radical (unpaired) electrons. The molecule has 0 aliphatic heterocycles. The van der Waals surface area contributed by atoms with Gasteiger partial charge in [-0.2, -0.15) is 0 Å². The number of halogens is 2. The molecule has 2 aromatic heterocycles. The standard InChI is InChI=1S/C17H17BrClN3O3/c1-22(8-3-9-23-13-5-2-4-12(19)10-13)11-16-20-21-17(25-16)14-6-7-15(18)24-14/h2,4-7,10H,3,8-9,11H2,1H3. The quantitative estimate of drug-likeness (QED) is 0.489. The van der Waals surface area contributed by atoms with Crippen LogP contribution in [0.1, 0.15) is 12.3 Å². The molecule has 132 valence electrons. The maximum Gasteiger partial charge on any atom is 0.283 e. The van der Waals surface area contributed by atoms with Crippen molar-refractivity contribution in [2.75, 3.05) is 20.2 Å². The van der Waals surface area contributed by atoms with Crippen molar-refractivity contribution in [1.82, 2.24) is 15.1 Å². The Morgan fingerprint density at radius 1 is 1.20 bits per heavy atom. The van der Waals surface area contributed by atoms with E-state index in [0.29, 0.717) is 40.4 Å². The van der Waals surface area contributed by atoms with E-state index in [4.69, 9.17) is 25.2 Å². The molecule has 0 N–H and O–H groups in total. The molecule has 3 aromatic rings. The second-order valence-corrected chi connectivity index (χ2v) is 6.72. The van der Waals surface area contributed by atoms with E-state index in [1.807, 2.05) is 25.2 Å². The van der Waals surface area contributed by atoms with Crippen LogP contribution in [0.5, 0.6) is 5.75 Å². The summed E-state index contributed by atoms with van der Waals surface area (Å²) >= 11 is 9.17. The molecule has 0 aliphatic rings. The van der Waals surface area contributed by atoms with Gasteiger partial charge in [0, 0.05) is 11.6 Å². The summed E-state index contributed by atoms with van der Waals surface area (Å²) in [5, 5.41) is 8.72. The van der Waals surface area contributed by atoms with Crippen LogP contribution in [0.4, 0.5) is 0 Å². The Kier molecular flexibility index (Phi) is 6.12. The minimum Gasteiger partial charge on any atom is -0.493 e. The minimum atomic E-state index is 0.374. The number of aromatic nitrogens is 2. The molecule has 0 bridgehead atoms. The van der Waals surface area contributed by atoms with Gasteiger partial charge in [-0.25, -0.2) is 0 Å². The summed E-state index contributed by atoms with van der Waals surface area (Å²) in [6.07, 6.45) is 0.870. The van der Waals surface area contributed by atoms with Crippen LogP contribution in [0.25, 0.3) is 11.7 Å². The lowest BCUT2D eigenvalue weighted by molar-refractivity contribution is 0.244. The molecule has 0 fully saturated rings. The first-order chi connectivity index (χ1) is 12.1. The fourth-order valence-corrected chi connectivity index (χ4v) is 2.72. The Labute approximate surface area is 158 Å². The molecule has 3 rings (SSSR count). The summed E-state index contributed by atoms with van der Waals surface area (Å²) < 4.78 is 17.3. The molecule has 6 nitrogen and oxygen atoms in total. The number of furan rings is 1. The van der Waals surface area contributed by atoms with Crippen LogP contribution in [0.3, 0.4) is 0 Å². The van der Waals surface area contributed by atoms with Gasteiger partial charge in [-0.05, 0) is 59.7 Å². The van der Waals surface area contributed by atoms with Gasteiger partial charge in [0.05, 0.1) is 13.2 Å². The van der Waals surface area contributed by atoms with E-state index < -0.39 is 0 Å². The SMILES string of the molecule is CN(CCCOc1cccc(Cl)c1)Cc1nnc(-c2ccc(Br)o2)o1. The molecule has 0 saturated heterocycles. The normalized spacial score (nSPS) is 11.2. The van der Waals surface area contributed by atoms with Crippen molar-refractivity contribution in [3.8, 4) is 17.4 Å². The molecule has 0 unspecified atom stereocenters. The van der Waals surface area contributed by atoms with Gasteiger partial charge in [0.25, 0.3) is 5.89 Å². The number of rotatable bonds is 8. The highest BCUT2D eigenvalue weighted by atomic mass is 79.9. The first-order valence-corrected chi connectivity index (χ1v) is 8.92. The van der Waals surface area contributed by atoms with E-state index in [1.165, 1.54) is 0 Å². The first-order valence-electron chi connectivity index (χ1n) is 7.75. The van der Waals surface area contributed by atoms with Gasteiger partial charge >= 0.3 is 0 Å². The zero-order chi connectivity index (χ0) is 17.6. The minimum absolute atomic E-state index is 0.374. The van der Waals surface area contributed by atoms with Crippen molar-refractivity contribution in [3.05, 3.63) is 52.0 Å². The van der Waals surface area contributed by atoms with Gasteiger partial charge < -0.3 is 13.6 Å². The van der Waals surface area contributed by atoms with Gasteiger partial charge in [-0.3, -0.25) is 4.90 Å². The van der Waals surface area contributed by atoms with E-state index >= 15 is 0 Å². The number of ether oxygens (including phenoxy) is 1. The molecular formula is C17H17BrClN3O3. The monoisotopic (exact) mass is 425 g/mol. The zero-order valence-corrected chi connectivity index (χ0v) is 16.0. The van der Waals surface area contributed by atoms with E-state index in [0.717, 1.165) is 18.7 Å². The molecule has 2 heterocycles. The third kappa shape index (κ3) is 5.32. The summed E-state index contributed by atoms with van der Waals surface area (Å²) in [6.45, 7) is 2.01. The third-order valence-corrected chi connectivity index (χ3v) is 4.07. The second-order valence-electron chi connectivity index (χ2n) is 5.50. The summed E-state index contributed by atoms with van der Waals surface area (Å²) in [4.78, 5) is 2.09. The van der Waals surface area contributed by atoms with Crippen LogP contribution in [0.15, 0.2) is 49.9 Å². The molecule has 8 heteroatoms. The van der Waals surface area contributed by atoms with Crippen molar-refractivity contribution in [3.63, 3.8) is 0 Å². The molecule has 0 atom stereocenters. The fourth-order valence-electron chi connectivity index (χ4n) is 2.24. The summed E-state index contributed by atoms with van der Waals surface area (Å²) in [7, 11) is 1.99. The molecule has 0 amide bonds. The van der Waals surface area contributed by atoms with Gasteiger partial charge in [0.15, 0.2) is 10.4 Å². The van der Waals surface area contributed by atoms with Gasteiger partial charge in [-0.1, -0.05) is 17.7 Å². The largest absolute Gasteiger partial charge is 0.493 e. The van der Waals surface area contributed by atoms with Crippen LogP contribution < -0.4 is 4.74 Å². The van der Waals surface area contributed by atoms with E-state index in [9.17, 15) is 0 Å². The molecule has 25 heavy (non-hydrogen) atoms. The Morgan fingerprint density at radius 2 is 2.08 bits per heavy atom. The number of nitrogens with zero attached hydrogens (tertiary/aromatic N) is 3. The van der Waals surface area contributed by atoms with E-state index in [1.54, 1.807) is 18.2 Å². The van der Waals surface area contributed by atoms with Crippen LogP contribution in [-0.4, -0.2) is 35.3 Å². The summed E-state index contributed by atoms with van der Waals surface area (Å²) in [6, 6.07) is 10.9. The average Bonchev–Trinajstić information content (AvgIpc) is 3.20. The third-order valence-electron chi connectivity index (χ3n) is 3.40. The predicted octanol–water partition coefficient (Wildman–Crippen LogP) is 4.65. The lowest BCUT2D eigenvalue weighted by Crippen LogP contribution is -2.21. The fraction of sp³-hybridized carbons (Fsp3) is 0.294. The summed E-state index contributed by atoms with van der Waals surface area (Å²) in [5.74, 6) is 2.24. The highest BCUT2D eigenvalue weighted by Gasteiger charge is 2.13. The van der Waals surface area contributed by atoms with Crippen LogP contribution in [-0.2, 0) is 6.54 Å². The molecular weight excluding hydrogens is 410 g/mol.